The largest absolute Gasteiger partial charge is 0.494 e. The molecule has 3 rings (SSSR count). The number of ether oxygens (including phenoxy) is 3. The maximum absolute atomic E-state index is 12.7. The number of methoxy groups -OCH3 is 1. The van der Waals surface area contributed by atoms with Gasteiger partial charge in [0, 0.05) is 27.4 Å². The van der Waals surface area contributed by atoms with Crippen LogP contribution < -0.4 is 19.5 Å². The van der Waals surface area contributed by atoms with E-state index in [1.807, 2.05) is 13.0 Å². The van der Waals surface area contributed by atoms with Crippen molar-refractivity contribution in [3.05, 3.63) is 86.4 Å². The summed E-state index contributed by atoms with van der Waals surface area (Å²) in [6.07, 6.45) is 1.41. The van der Waals surface area contributed by atoms with Crippen LogP contribution in [0.5, 0.6) is 17.2 Å². The summed E-state index contributed by atoms with van der Waals surface area (Å²) in [6, 6.07) is 17.1. The fourth-order valence-corrected chi connectivity index (χ4v) is 3.83. The molecule has 0 aliphatic rings. The van der Waals surface area contributed by atoms with Crippen LogP contribution in [0.2, 0.25) is 15.1 Å². The summed E-state index contributed by atoms with van der Waals surface area (Å²) in [5, 5.41) is 13.5. The van der Waals surface area contributed by atoms with Crippen molar-refractivity contribution >= 4 is 52.5 Å². The smallest absolute Gasteiger partial charge is 0.266 e. The van der Waals surface area contributed by atoms with Gasteiger partial charge in [-0.25, -0.2) is 0 Å². The van der Waals surface area contributed by atoms with Gasteiger partial charge in [-0.05, 0) is 55.0 Å². The van der Waals surface area contributed by atoms with Crippen LogP contribution in [-0.4, -0.2) is 19.6 Å². The van der Waals surface area contributed by atoms with Crippen molar-refractivity contribution in [2.75, 3.05) is 19.0 Å². The van der Waals surface area contributed by atoms with E-state index < -0.39 is 5.91 Å². The second kappa shape index (κ2) is 12.4. The third kappa shape index (κ3) is 7.06. The second-order valence-corrected chi connectivity index (χ2v) is 8.39. The van der Waals surface area contributed by atoms with E-state index in [4.69, 9.17) is 49.0 Å². The minimum Gasteiger partial charge on any atom is -0.494 e. The standard InChI is InChI=1S/C26H21Cl3N2O4/c1-3-34-21-6-4-5-20(13-21)31-26(32)18(14-30)9-16-10-23(29)25(24(11-16)33-2)35-15-17-7-8-19(27)12-22(17)28/h4-13H,3,15H2,1-2H3,(H,31,32)/b18-9-. The highest BCUT2D eigenvalue weighted by atomic mass is 35.5. The monoisotopic (exact) mass is 530 g/mol. The third-order valence-corrected chi connectivity index (χ3v) is 5.59. The third-order valence-electron chi connectivity index (χ3n) is 4.72. The molecule has 35 heavy (non-hydrogen) atoms. The van der Waals surface area contributed by atoms with Gasteiger partial charge in [0.2, 0.25) is 0 Å². The Morgan fingerprint density at radius 3 is 2.54 bits per heavy atom. The lowest BCUT2D eigenvalue weighted by atomic mass is 10.1. The van der Waals surface area contributed by atoms with Gasteiger partial charge in [-0.2, -0.15) is 5.26 Å². The lowest BCUT2D eigenvalue weighted by molar-refractivity contribution is -0.112. The second-order valence-electron chi connectivity index (χ2n) is 7.14. The number of hydrogen-bond acceptors (Lipinski definition) is 5. The van der Waals surface area contributed by atoms with E-state index >= 15 is 0 Å². The molecule has 1 N–H and O–H groups in total. The number of hydrogen-bond donors (Lipinski definition) is 1. The summed E-state index contributed by atoms with van der Waals surface area (Å²) in [5.74, 6) is 0.665. The highest BCUT2D eigenvalue weighted by Gasteiger charge is 2.15. The topological polar surface area (TPSA) is 80.6 Å². The van der Waals surface area contributed by atoms with Gasteiger partial charge >= 0.3 is 0 Å². The van der Waals surface area contributed by atoms with Crippen LogP contribution in [0.4, 0.5) is 5.69 Å². The van der Waals surface area contributed by atoms with E-state index in [1.54, 1.807) is 54.6 Å². The molecular weight excluding hydrogens is 511 g/mol. The normalized spacial score (nSPS) is 10.9. The van der Waals surface area contributed by atoms with Gasteiger partial charge in [-0.3, -0.25) is 4.79 Å². The lowest BCUT2D eigenvalue weighted by Crippen LogP contribution is -2.13. The maximum Gasteiger partial charge on any atom is 0.266 e. The number of carbonyl (C=O) groups is 1. The zero-order valence-electron chi connectivity index (χ0n) is 18.9. The highest BCUT2D eigenvalue weighted by molar-refractivity contribution is 6.35. The molecule has 0 atom stereocenters. The van der Waals surface area contributed by atoms with Crippen LogP contribution in [0.15, 0.2) is 60.2 Å². The number of rotatable bonds is 9. The first kappa shape index (κ1) is 26.2. The molecule has 3 aromatic carbocycles. The Labute approximate surface area is 218 Å². The average Bonchev–Trinajstić information content (AvgIpc) is 2.83. The predicted octanol–water partition coefficient (Wildman–Crippen LogP) is 7.18. The molecule has 9 heteroatoms. The Bertz CT molecular complexity index is 1300. The molecular formula is C26H21Cl3N2O4. The Morgan fingerprint density at radius 2 is 1.86 bits per heavy atom. The number of anilines is 1. The van der Waals surface area contributed by atoms with Gasteiger partial charge in [-0.1, -0.05) is 46.9 Å². The van der Waals surface area contributed by atoms with E-state index in [-0.39, 0.29) is 17.2 Å². The van der Waals surface area contributed by atoms with Gasteiger partial charge in [0.15, 0.2) is 11.5 Å². The van der Waals surface area contributed by atoms with Gasteiger partial charge in [0.1, 0.15) is 24.0 Å². The van der Waals surface area contributed by atoms with Crippen molar-refractivity contribution in [2.45, 2.75) is 13.5 Å². The van der Waals surface area contributed by atoms with Crippen molar-refractivity contribution in [3.63, 3.8) is 0 Å². The molecule has 1 amide bonds. The summed E-state index contributed by atoms with van der Waals surface area (Å²) in [5.41, 5.74) is 1.59. The molecule has 0 bridgehead atoms. The summed E-state index contributed by atoms with van der Waals surface area (Å²) in [4.78, 5) is 12.7. The van der Waals surface area contributed by atoms with Crippen LogP contribution in [0.3, 0.4) is 0 Å². The molecule has 0 radical (unpaired) electrons. The molecule has 0 aromatic heterocycles. The molecule has 0 unspecified atom stereocenters. The first-order valence-corrected chi connectivity index (χ1v) is 11.6. The number of nitrogens with zero attached hydrogens (tertiary/aromatic N) is 1. The summed E-state index contributed by atoms with van der Waals surface area (Å²) >= 11 is 18.6. The fourth-order valence-electron chi connectivity index (χ4n) is 3.10. The Morgan fingerprint density at radius 1 is 1.06 bits per heavy atom. The fraction of sp³-hybridized carbons (Fsp3) is 0.154. The predicted molar refractivity (Wildman–Crippen MR) is 139 cm³/mol. The molecule has 0 aliphatic carbocycles. The maximum atomic E-state index is 12.7. The number of nitriles is 1. The minimum absolute atomic E-state index is 0.119. The number of halogens is 3. The number of amides is 1. The van der Waals surface area contributed by atoms with Crippen LogP contribution in [-0.2, 0) is 11.4 Å². The number of carbonyl (C=O) groups excluding carboxylic acids is 1. The lowest BCUT2D eigenvalue weighted by Gasteiger charge is -2.14. The van der Waals surface area contributed by atoms with E-state index in [1.165, 1.54) is 13.2 Å². The first-order chi connectivity index (χ1) is 16.8. The molecule has 180 valence electrons. The molecule has 3 aromatic rings. The molecule has 0 spiro atoms. The molecule has 0 heterocycles. The summed E-state index contributed by atoms with van der Waals surface area (Å²) in [7, 11) is 1.46. The Balaban J connectivity index is 1.81. The van der Waals surface area contributed by atoms with Crippen LogP contribution >= 0.6 is 34.8 Å². The van der Waals surface area contributed by atoms with E-state index in [9.17, 15) is 10.1 Å². The van der Waals surface area contributed by atoms with Crippen molar-refractivity contribution in [2.24, 2.45) is 0 Å². The highest BCUT2D eigenvalue weighted by Crippen LogP contribution is 2.38. The van der Waals surface area contributed by atoms with Gasteiger partial charge in [-0.15, -0.1) is 0 Å². The molecule has 0 aliphatic heterocycles. The van der Waals surface area contributed by atoms with Crippen molar-refractivity contribution in [1.29, 1.82) is 5.26 Å². The zero-order valence-corrected chi connectivity index (χ0v) is 21.2. The van der Waals surface area contributed by atoms with E-state index in [0.717, 1.165) is 5.56 Å². The Kier molecular flexibility index (Phi) is 9.27. The first-order valence-electron chi connectivity index (χ1n) is 10.4. The zero-order chi connectivity index (χ0) is 25.4. The number of benzene rings is 3. The number of nitrogens with one attached hydrogen (secondary N) is 1. The SMILES string of the molecule is CCOc1cccc(NC(=O)/C(C#N)=C\c2cc(Cl)c(OCc3ccc(Cl)cc3Cl)c(OC)c2)c1. The minimum atomic E-state index is -0.575. The summed E-state index contributed by atoms with van der Waals surface area (Å²) in [6.45, 7) is 2.49. The van der Waals surface area contributed by atoms with Crippen molar-refractivity contribution < 1.29 is 19.0 Å². The summed E-state index contributed by atoms with van der Waals surface area (Å²) < 4.78 is 16.7. The van der Waals surface area contributed by atoms with Crippen molar-refractivity contribution in [3.8, 4) is 23.3 Å². The Hall–Kier alpha value is -3.37. The van der Waals surface area contributed by atoms with Gasteiger partial charge in [0.25, 0.3) is 5.91 Å². The van der Waals surface area contributed by atoms with Crippen molar-refractivity contribution in [1.82, 2.24) is 0 Å². The van der Waals surface area contributed by atoms with Gasteiger partial charge < -0.3 is 19.5 Å². The molecule has 0 fully saturated rings. The molecule has 6 nitrogen and oxygen atoms in total. The average molecular weight is 532 g/mol. The van der Waals surface area contributed by atoms with Crippen LogP contribution in [0.25, 0.3) is 6.08 Å². The quantitative estimate of drug-likeness (QED) is 0.234. The van der Waals surface area contributed by atoms with Crippen LogP contribution in [0.1, 0.15) is 18.1 Å². The van der Waals surface area contributed by atoms with E-state index in [0.29, 0.717) is 45.2 Å². The van der Waals surface area contributed by atoms with Crippen LogP contribution in [0, 0.1) is 11.3 Å². The van der Waals surface area contributed by atoms with Gasteiger partial charge in [0.05, 0.1) is 18.7 Å². The molecule has 0 saturated heterocycles. The van der Waals surface area contributed by atoms with E-state index in [2.05, 4.69) is 5.32 Å². The molecule has 0 saturated carbocycles.